The number of halogens is 3. The quantitative estimate of drug-likeness (QED) is 0.689. The minimum Gasteiger partial charge on any atom is -0.463 e. The van der Waals surface area contributed by atoms with Gasteiger partial charge in [-0.1, -0.05) is 30.3 Å². The Morgan fingerprint density at radius 2 is 1.48 bits per heavy atom. The van der Waals surface area contributed by atoms with Crippen molar-refractivity contribution in [2.24, 2.45) is 0 Å². The molecular weight excluding hydrogens is 365 g/mol. The predicted molar refractivity (Wildman–Crippen MR) is 92.1 cm³/mol. The lowest BCUT2D eigenvalue weighted by Crippen LogP contribution is -2.50. The molecule has 2 aromatic carbocycles. The second kappa shape index (κ2) is 8.09. The van der Waals surface area contributed by atoms with Crippen LogP contribution in [0.1, 0.15) is 12.5 Å². The number of urea groups is 1. The van der Waals surface area contributed by atoms with Crippen LogP contribution < -0.4 is 10.6 Å². The van der Waals surface area contributed by atoms with E-state index in [1.807, 2.05) is 0 Å². The van der Waals surface area contributed by atoms with E-state index < -0.39 is 29.3 Å². The number of carbonyl (C=O) groups excluding carboxylic acids is 2. The number of aliphatic hydroxyl groups is 1. The summed E-state index contributed by atoms with van der Waals surface area (Å²) < 4.78 is 44.2. The van der Waals surface area contributed by atoms with E-state index in [0.717, 1.165) is 24.3 Å². The van der Waals surface area contributed by atoms with Crippen LogP contribution in [0, 0.1) is 0 Å². The Bertz CT molecular complexity index is 795. The van der Waals surface area contributed by atoms with Crippen molar-refractivity contribution >= 4 is 23.4 Å². The predicted octanol–water partition coefficient (Wildman–Crippen LogP) is 3.64. The molecule has 9 heteroatoms. The topological polar surface area (TPSA) is 87.7 Å². The van der Waals surface area contributed by atoms with Crippen molar-refractivity contribution in [3.63, 3.8) is 0 Å². The van der Waals surface area contributed by atoms with Crippen LogP contribution >= 0.6 is 0 Å². The summed E-state index contributed by atoms with van der Waals surface area (Å²) in [5.41, 5.74) is -3.82. The number of hydrogen-bond donors (Lipinski definition) is 3. The molecule has 0 saturated carbocycles. The Labute approximate surface area is 153 Å². The number of rotatable bonds is 5. The zero-order valence-corrected chi connectivity index (χ0v) is 14.2. The van der Waals surface area contributed by atoms with E-state index in [4.69, 9.17) is 0 Å². The van der Waals surface area contributed by atoms with Crippen molar-refractivity contribution in [1.82, 2.24) is 0 Å². The molecule has 0 aliphatic heterocycles. The third-order valence-electron chi connectivity index (χ3n) is 3.57. The smallest absolute Gasteiger partial charge is 0.432 e. The van der Waals surface area contributed by atoms with Crippen LogP contribution in [-0.4, -0.2) is 29.9 Å². The van der Waals surface area contributed by atoms with Crippen molar-refractivity contribution in [3.05, 3.63) is 60.2 Å². The van der Waals surface area contributed by atoms with Crippen LogP contribution in [0.5, 0.6) is 0 Å². The molecule has 0 unspecified atom stereocenters. The van der Waals surface area contributed by atoms with Gasteiger partial charge in [0.25, 0.3) is 5.60 Å². The number of benzene rings is 2. The SMILES string of the molecule is CCOC(=O)[C@](O)(c1ccc(NC(=O)Nc2ccccc2)cc1)C(F)(F)F. The third kappa shape index (κ3) is 4.56. The van der Waals surface area contributed by atoms with E-state index >= 15 is 0 Å². The summed E-state index contributed by atoms with van der Waals surface area (Å²) in [6.45, 7) is 1.00. The number of ether oxygens (including phenoxy) is 1. The molecule has 0 fully saturated rings. The van der Waals surface area contributed by atoms with Gasteiger partial charge in [-0.05, 0) is 31.2 Å². The molecule has 0 bridgehead atoms. The highest BCUT2D eigenvalue weighted by molar-refractivity contribution is 5.99. The highest BCUT2D eigenvalue weighted by Gasteiger charge is 2.62. The van der Waals surface area contributed by atoms with E-state index in [-0.39, 0.29) is 12.3 Å². The minimum atomic E-state index is -5.28. The standard InChI is InChI=1S/C18H17F3N2O4/c1-2-27-15(24)17(26,18(19,20)21)12-8-10-14(11-9-12)23-16(25)22-13-6-4-3-5-7-13/h3-11,26H,2H2,1H3,(H2,22,23,25)/t17-/m1/s1. The van der Waals surface area contributed by atoms with Crippen molar-refractivity contribution < 1.29 is 32.6 Å². The molecule has 0 heterocycles. The van der Waals surface area contributed by atoms with Gasteiger partial charge in [0.15, 0.2) is 0 Å². The van der Waals surface area contributed by atoms with Crippen LogP contribution in [0.2, 0.25) is 0 Å². The number of amides is 2. The normalized spacial score (nSPS) is 13.4. The number of esters is 1. The minimum absolute atomic E-state index is 0.167. The molecule has 2 aromatic rings. The second-order valence-corrected chi connectivity index (χ2v) is 5.45. The van der Waals surface area contributed by atoms with Crippen LogP contribution in [0.15, 0.2) is 54.6 Å². The number of nitrogens with one attached hydrogen (secondary N) is 2. The first-order valence-corrected chi connectivity index (χ1v) is 7.88. The summed E-state index contributed by atoms with van der Waals surface area (Å²) in [6, 6.07) is 12.0. The number of para-hydroxylation sites is 1. The van der Waals surface area contributed by atoms with Gasteiger partial charge in [0.05, 0.1) is 6.61 Å². The van der Waals surface area contributed by atoms with Gasteiger partial charge in [-0.2, -0.15) is 13.2 Å². The maximum absolute atomic E-state index is 13.3. The fourth-order valence-corrected chi connectivity index (χ4v) is 2.24. The van der Waals surface area contributed by atoms with E-state index in [0.29, 0.717) is 5.69 Å². The van der Waals surface area contributed by atoms with Crippen molar-refractivity contribution in [2.75, 3.05) is 17.2 Å². The second-order valence-electron chi connectivity index (χ2n) is 5.45. The molecule has 27 heavy (non-hydrogen) atoms. The maximum atomic E-state index is 13.3. The van der Waals surface area contributed by atoms with Gasteiger partial charge in [0, 0.05) is 16.9 Å². The average molecular weight is 382 g/mol. The Hall–Kier alpha value is -3.07. The Morgan fingerprint density at radius 3 is 1.96 bits per heavy atom. The summed E-state index contributed by atoms with van der Waals surface area (Å²) in [7, 11) is 0. The third-order valence-corrected chi connectivity index (χ3v) is 3.57. The van der Waals surface area contributed by atoms with E-state index in [1.165, 1.54) is 6.92 Å². The van der Waals surface area contributed by atoms with E-state index in [2.05, 4.69) is 15.4 Å². The number of hydrogen-bond acceptors (Lipinski definition) is 4. The molecule has 0 saturated heterocycles. The summed E-state index contributed by atoms with van der Waals surface area (Å²) >= 11 is 0. The largest absolute Gasteiger partial charge is 0.463 e. The fourth-order valence-electron chi connectivity index (χ4n) is 2.24. The molecule has 3 N–H and O–H groups in total. The zero-order valence-electron chi connectivity index (χ0n) is 14.2. The van der Waals surface area contributed by atoms with Crippen LogP contribution in [0.4, 0.5) is 29.3 Å². The molecule has 0 aliphatic carbocycles. The summed E-state index contributed by atoms with van der Waals surface area (Å²) in [5.74, 6) is -1.82. The molecule has 0 radical (unpaired) electrons. The highest BCUT2D eigenvalue weighted by atomic mass is 19.4. The lowest BCUT2D eigenvalue weighted by atomic mass is 9.93. The average Bonchev–Trinajstić information content (AvgIpc) is 2.61. The van der Waals surface area contributed by atoms with Crippen molar-refractivity contribution in [3.8, 4) is 0 Å². The van der Waals surface area contributed by atoms with Gasteiger partial charge >= 0.3 is 18.2 Å². The summed E-state index contributed by atoms with van der Waals surface area (Å²) in [5, 5.41) is 15.0. The van der Waals surface area contributed by atoms with Gasteiger partial charge < -0.3 is 20.5 Å². The van der Waals surface area contributed by atoms with E-state index in [1.54, 1.807) is 30.3 Å². The molecule has 6 nitrogen and oxygen atoms in total. The zero-order chi connectivity index (χ0) is 20.1. The first kappa shape index (κ1) is 20.2. The van der Waals surface area contributed by atoms with Gasteiger partial charge in [-0.25, -0.2) is 9.59 Å². The highest BCUT2D eigenvalue weighted by Crippen LogP contribution is 2.40. The molecule has 0 aliphatic rings. The van der Waals surface area contributed by atoms with Crippen molar-refractivity contribution in [2.45, 2.75) is 18.7 Å². The van der Waals surface area contributed by atoms with Gasteiger partial charge in [0.2, 0.25) is 0 Å². The molecule has 2 amide bonds. The van der Waals surface area contributed by atoms with Crippen LogP contribution in [0.25, 0.3) is 0 Å². The molecule has 144 valence electrons. The first-order chi connectivity index (χ1) is 12.7. The molecule has 0 spiro atoms. The molecule has 2 rings (SSSR count). The Balaban J connectivity index is 2.17. The van der Waals surface area contributed by atoms with Gasteiger partial charge in [-0.15, -0.1) is 0 Å². The lowest BCUT2D eigenvalue weighted by Gasteiger charge is -2.28. The Morgan fingerprint density at radius 1 is 0.963 bits per heavy atom. The summed E-state index contributed by atoms with van der Waals surface area (Å²) in [4.78, 5) is 23.6. The molecular formula is C18H17F3N2O4. The number of carbonyl (C=O) groups is 2. The van der Waals surface area contributed by atoms with Crippen molar-refractivity contribution in [1.29, 1.82) is 0 Å². The first-order valence-electron chi connectivity index (χ1n) is 7.88. The fraction of sp³-hybridized carbons (Fsp3) is 0.222. The van der Waals surface area contributed by atoms with Crippen LogP contribution in [0.3, 0.4) is 0 Å². The molecule has 1 atom stereocenters. The monoisotopic (exact) mass is 382 g/mol. The number of anilines is 2. The summed E-state index contributed by atoms with van der Waals surface area (Å²) in [6.07, 6.45) is -5.28. The van der Waals surface area contributed by atoms with Gasteiger partial charge in [0.1, 0.15) is 0 Å². The van der Waals surface area contributed by atoms with E-state index in [9.17, 15) is 27.9 Å². The molecule has 0 aromatic heterocycles. The van der Waals surface area contributed by atoms with Gasteiger partial charge in [-0.3, -0.25) is 0 Å². The maximum Gasteiger partial charge on any atom is 0.432 e. The Kier molecular flexibility index (Phi) is 6.06. The lowest BCUT2D eigenvalue weighted by molar-refractivity contribution is -0.267. The van der Waals surface area contributed by atoms with Crippen LogP contribution in [-0.2, 0) is 15.1 Å². The number of alkyl halides is 3.